The molecule has 0 bridgehead atoms. The van der Waals surface area contributed by atoms with Crippen LogP contribution in [0.2, 0.25) is 0 Å². The normalized spacial score (nSPS) is 20.3. The Kier molecular flexibility index (Phi) is 7.64. The number of fused-ring (bicyclic) bond motifs is 1. The minimum Gasteiger partial charge on any atom is -0.482 e. The van der Waals surface area contributed by atoms with Crippen molar-refractivity contribution in [3.05, 3.63) is 113 Å². The van der Waals surface area contributed by atoms with Crippen LogP contribution in [0.3, 0.4) is 0 Å². The number of hydrogen-bond acceptors (Lipinski definition) is 3. The van der Waals surface area contributed by atoms with Crippen LogP contribution >= 0.6 is 0 Å². The molecular weight excluding hydrogens is 467 g/mol. The summed E-state index contributed by atoms with van der Waals surface area (Å²) in [4.78, 5) is 27.8. The lowest BCUT2D eigenvalue weighted by molar-refractivity contribution is -0.149. The third-order valence-corrected chi connectivity index (χ3v) is 7.13. The molecule has 0 radical (unpaired) electrons. The quantitative estimate of drug-likeness (QED) is 0.437. The molecule has 1 heterocycles. The summed E-state index contributed by atoms with van der Waals surface area (Å²) in [6.07, 6.45) is 6.18. The predicted octanol–water partition coefficient (Wildman–Crippen LogP) is 5.51. The topological polar surface area (TPSA) is 58.6 Å². The van der Waals surface area contributed by atoms with Gasteiger partial charge in [-0.3, -0.25) is 9.59 Å². The first-order chi connectivity index (χ1) is 18.1. The van der Waals surface area contributed by atoms with Gasteiger partial charge in [-0.15, -0.1) is 0 Å². The number of ether oxygens (including phenoxy) is 1. The van der Waals surface area contributed by atoms with Gasteiger partial charge < -0.3 is 15.0 Å². The lowest BCUT2D eigenvalue weighted by Crippen LogP contribution is -2.54. The third kappa shape index (κ3) is 5.91. The molecule has 0 spiro atoms. The van der Waals surface area contributed by atoms with Crippen molar-refractivity contribution >= 4 is 17.9 Å². The average Bonchev–Trinajstić information content (AvgIpc) is 2.93. The highest BCUT2D eigenvalue weighted by Crippen LogP contribution is 2.34. The molecule has 1 N–H and O–H groups in total. The molecule has 1 saturated carbocycles. The third-order valence-electron chi connectivity index (χ3n) is 7.13. The van der Waals surface area contributed by atoms with E-state index in [2.05, 4.69) is 5.32 Å². The molecular formula is C31H31FN2O3. The molecule has 3 aromatic carbocycles. The second kappa shape index (κ2) is 11.4. The summed E-state index contributed by atoms with van der Waals surface area (Å²) < 4.78 is 20.6. The maximum atomic E-state index is 14.4. The Labute approximate surface area is 217 Å². The molecule has 2 fully saturated rings. The number of amides is 2. The minimum absolute atomic E-state index is 0.0556. The van der Waals surface area contributed by atoms with Crippen molar-refractivity contribution in [3.8, 4) is 0 Å². The zero-order chi connectivity index (χ0) is 25.6. The van der Waals surface area contributed by atoms with Gasteiger partial charge in [0.25, 0.3) is 11.8 Å². The molecule has 2 amide bonds. The summed E-state index contributed by atoms with van der Waals surface area (Å²) in [5.41, 5.74) is 3.00. The summed E-state index contributed by atoms with van der Waals surface area (Å²) in [5, 5.41) is 2.95. The molecule has 1 aliphatic carbocycles. The van der Waals surface area contributed by atoms with E-state index in [9.17, 15) is 14.0 Å². The van der Waals surface area contributed by atoms with E-state index in [-0.39, 0.29) is 42.1 Å². The Morgan fingerprint density at radius 3 is 2.49 bits per heavy atom. The minimum atomic E-state index is -0.308. The molecule has 2 unspecified atom stereocenters. The van der Waals surface area contributed by atoms with Crippen LogP contribution in [0.1, 0.15) is 52.7 Å². The van der Waals surface area contributed by atoms with Crippen molar-refractivity contribution < 1.29 is 18.7 Å². The van der Waals surface area contributed by atoms with E-state index < -0.39 is 0 Å². The molecule has 3 aromatic rings. The van der Waals surface area contributed by atoms with E-state index in [4.69, 9.17) is 4.74 Å². The van der Waals surface area contributed by atoms with Gasteiger partial charge in [0.15, 0.2) is 5.76 Å². The van der Waals surface area contributed by atoms with Gasteiger partial charge in [0.1, 0.15) is 11.9 Å². The van der Waals surface area contributed by atoms with Gasteiger partial charge >= 0.3 is 0 Å². The van der Waals surface area contributed by atoms with Crippen molar-refractivity contribution in [1.82, 2.24) is 10.2 Å². The van der Waals surface area contributed by atoms with Crippen molar-refractivity contribution in [3.63, 3.8) is 0 Å². The van der Waals surface area contributed by atoms with Gasteiger partial charge in [-0.2, -0.15) is 0 Å². The Bertz CT molecular complexity index is 1270. The van der Waals surface area contributed by atoms with E-state index in [0.717, 1.165) is 37.7 Å². The second-order valence-electron chi connectivity index (χ2n) is 9.65. The Morgan fingerprint density at radius 2 is 1.70 bits per heavy atom. The maximum absolute atomic E-state index is 14.4. The Morgan fingerprint density at radius 1 is 0.973 bits per heavy atom. The van der Waals surface area contributed by atoms with Gasteiger partial charge in [0.05, 0.1) is 6.04 Å². The van der Waals surface area contributed by atoms with Crippen LogP contribution in [0.15, 0.2) is 84.6 Å². The van der Waals surface area contributed by atoms with Gasteiger partial charge in [-0.1, -0.05) is 67.1 Å². The first-order valence-electron chi connectivity index (χ1n) is 12.9. The fourth-order valence-corrected chi connectivity index (χ4v) is 5.12. The summed E-state index contributed by atoms with van der Waals surface area (Å²) in [6, 6.07) is 23.7. The number of nitrogens with one attached hydrogen (secondary N) is 1. The van der Waals surface area contributed by atoms with Crippen LogP contribution < -0.4 is 5.32 Å². The van der Waals surface area contributed by atoms with Crippen molar-refractivity contribution in [2.45, 2.75) is 50.8 Å². The fraction of sp³-hybridized carbons (Fsp3) is 0.290. The fourth-order valence-electron chi connectivity index (χ4n) is 5.12. The van der Waals surface area contributed by atoms with E-state index in [1.54, 1.807) is 41.3 Å². The number of halogens is 1. The molecule has 37 heavy (non-hydrogen) atoms. The zero-order valence-corrected chi connectivity index (χ0v) is 20.7. The van der Waals surface area contributed by atoms with Crippen LogP contribution in [0.5, 0.6) is 0 Å². The highest BCUT2D eigenvalue weighted by molar-refractivity contribution is 5.97. The van der Waals surface area contributed by atoms with Crippen molar-refractivity contribution in [2.24, 2.45) is 0 Å². The smallest absolute Gasteiger partial charge is 0.289 e. The summed E-state index contributed by atoms with van der Waals surface area (Å²) >= 11 is 0. The summed E-state index contributed by atoms with van der Waals surface area (Å²) in [5.74, 6) is -0.410. The van der Waals surface area contributed by atoms with Crippen LogP contribution in [0, 0.1) is 5.82 Å². The molecule has 0 aromatic heterocycles. The van der Waals surface area contributed by atoms with E-state index >= 15 is 0 Å². The number of carbonyl (C=O) groups is 2. The lowest BCUT2D eigenvalue weighted by atomic mass is 9.89. The first kappa shape index (κ1) is 24.8. The number of nitrogens with zero attached hydrogens (tertiary/aromatic N) is 1. The standard InChI is InChI=1S/C31H31FN2O3/c32-26-11-5-4-10-25(26)21-34-27-12-6-7-13-28(27)37-29(31(34)36)20-23-14-16-24(17-15-23)30(35)33-19-18-22-8-2-1-3-9-22/h1-5,8-11,14-17,20,27-28H,6-7,12-13,18-19,21H2,(H,33,35)/b29-20-. The lowest BCUT2D eigenvalue weighted by Gasteiger charge is -2.44. The van der Waals surface area contributed by atoms with Crippen LogP contribution in [0.25, 0.3) is 6.08 Å². The van der Waals surface area contributed by atoms with Crippen molar-refractivity contribution in [1.29, 1.82) is 0 Å². The van der Waals surface area contributed by atoms with E-state index in [1.807, 2.05) is 42.5 Å². The highest BCUT2D eigenvalue weighted by atomic mass is 19.1. The summed E-state index contributed by atoms with van der Waals surface area (Å²) in [7, 11) is 0. The van der Waals surface area contributed by atoms with E-state index in [0.29, 0.717) is 17.7 Å². The van der Waals surface area contributed by atoms with E-state index in [1.165, 1.54) is 11.6 Å². The number of hydrogen-bond donors (Lipinski definition) is 1. The zero-order valence-electron chi connectivity index (χ0n) is 20.7. The number of carbonyl (C=O) groups excluding carboxylic acids is 2. The van der Waals surface area contributed by atoms with Crippen molar-refractivity contribution in [2.75, 3.05) is 6.54 Å². The predicted molar refractivity (Wildman–Crippen MR) is 141 cm³/mol. The molecule has 2 aliphatic rings. The molecule has 190 valence electrons. The first-order valence-corrected chi connectivity index (χ1v) is 12.9. The second-order valence-corrected chi connectivity index (χ2v) is 9.65. The number of morpholine rings is 1. The van der Waals surface area contributed by atoms with Gasteiger partial charge in [-0.25, -0.2) is 4.39 Å². The highest BCUT2D eigenvalue weighted by Gasteiger charge is 2.41. The molecule has 5 nitrogen and oxygen atoms in total. The SMILES string of the molecule is O=C(NCCc1ccccc1)c1ccc(/C=C2\OC3CCCCC3N(Cc3ccccc3F)C2=O)cc1. The van der Waals surface area contributed by atoms with Gasteiger partial charge in [0, 0.05) is 24.2 Å². The number of rotatable bonds is 7. The Balaban J connectivity index is 1.27. The van der Waals surface area contributed by atoms with Crippen LogP contribution in [0.4, 0.5) is 4.39 Å². The molecule has 2 atom stereocenters. The van der Waals surface area contributed by atoms with Gasteiger partial charge in [0.2, 0.25) is 0 Å². The molecule has 1 aliphatic heterocycles. The van der Waals surface area contributed by atoms with Crippen LogP contribution in [-0.4, -0.2) is 35.4 Å². The monoisotopic (exact) mass is 498 g/mol. The van der Waals surface area contributed by atoms with Gasteiger partial charge in [-0.05, 0) is 61.1 Å². The molecule has 5 rings (SSSR count). The molecule has 6 heteroatoms. The maximum Gasteiger partial charge on any atom is 0.289 e. The summed E-state index contributed by atoms with van der Waals surface area (Å²) in [6.45, 7) is 0.771. The largest absolute Gasteiger partial charge is 0.482 e. The van der Waals surface area contributed by atoms with Crippen LogP contribution in [-0.2, 0) is 22.5 Å². The average molecular weight is 499 g/mol. The Hall–Kier alpha value is -3.93. The number of benzene rings is 3. The molecule has 1 saturated heterocycles.